The van der Waals surface area contributed by atoms with Crippen LogP contribution >= 0.6 is 23.2 Å². The molecule has 0 bridgehead atoms. The van der Waals surface area contributed by atoms with Crippen LogP contribution in [0, 0.1) is 0 Å². The maximum Gasteiger partial charge on any atom is 0.174 e. The Bertz CT molecular complexity index is 545. The normalized spacial score (nSPS) is 14.2. The zero-order chi connectivity index (χ0) is 13.2. The van der Waals surface area contributed by atoms with Crippen molar-refractivity contribution in [2.45, 2.75) is 5.67 Å². The van der Waals surface area contributed by atoms with Crippen molar-refractivity contribution in [1.29, 1.82) is 0 Å². The summed E-state index contributed by atoms with van der Waals surface area (Å²) < 4.78 is 15.2. The fraction of sp³-hybridized carbons (Fsp3) is 0.143. The smallest absolute Gasteiger partial charge is 0.174 e. The Hall–Kier alpha value is -1.09. The van der Waals surface area contributed by atoms with Gasteiger partial charge in [0.05, 0.1) is 0 Å². The van der Waals surface area contributed by atoms with Crippen LogP contribution in [-0.4, -0.2) is 6.54 Å². The van der Waals surface area contributed by atoms with Crippen LogP contribution in [0.2, 0.25) is 10.0 Å². The molecule has 2 aromatic rings. The van der Waals surface area contributed by atoms with Crippen molar-refractivity contribution in [3.63, 3.8) is 0 Å². The molecule has 94 valence electrons. The molecule has 0 aliphatic heterocycles. The SMILES string of the molecule is NCC(F)(c1ccccc1)c1cc(Cl)ccc1Cl. The van der Waals surface area contributed by atoms with E-state index in [0.717, 1.165) is 0 Å². The lowest BCUT2D eigenvalue weighted by molar-refractivity contribution is 0.233. The summed E-state index contributed by atoms with van der Waals surface area (Å²) in [5.74, 6) is 0. The van der Waals surface area contributed by atoms with Gasteiger partial charge in [0.2, 0.25) is 0 Å². The first kappa shape index (κ1) is 13.3. The Labute approximate surface area is 115 Å². The Morgan fingerprint density at radius 1 is 1.06 bits per heavy atom. The Morgan fingerprint density at radius 2 is 1.72 bits per heavy atom. The Balaban J connectivity index is 2.60. The zero-order valence-electron chi connectivity index (χ0n) is 9.54. The largest absolute Gasteiger partial charge is 0.327 e. The summed E-state index contributed by atoms with van der Waals surface area (Å²) in [4.78, 5) is 0. The van der Waals surface area contributed by atoms with E-state index in [2.05, 4.69) is 0 Å². The first-order chi connectivity index (χ1) is 8.58. The molecule has 1 unspecified atom stereocenters. The molecule has 0 spiro atoms. The van der Waals surface area contributed by atoms with Gasteiger partial charge in [-0.3, -0.25) is 0 Å². The molecular formula is C14H12Cl2FN. The molecule has 0 fully saturated rings. The standard InChI is InChI=1S/C14H12Cl2FN/c15-11-6-7-13(16)12(8-11)14(17,9-18)10-4-2-1-3-5-10/h1-8H,9,18H2. The van der Waals surface area contributed by atoms with E-state index in [1.165, 1.54) is 6.07 Å². The first-order valence-electron chi connectivity index (χ1n) is 5.48. The number of hydrogen-bond acceptors (Lipinski definition) is 1. The van der Waals surface area contributed by atoms with Crippen molar-refractivity contribution >= 4 is 23.2 Å². The van der Waals surface area contributed by atoms with E-state index in [9.17, 15) is 0 Å². The van der Waals surface area contributed by atoms with Gasteiger partial charge in [0.25, 0.3) is 0 Å². The summed E-state index contributed by atoms with van der Waals surface area (Å²) in [5.41, 5.74) is 4.55. The van der Waals surface area contributed by atoms with Gasteiger partial charge < -0.3 is 5.73 Å². The van der Waals surface area contributed by atoms with E-state index >= 15 is 4.39 Å². The lowest BCUT2D eigenvalue weighted by Crippen LogP contribution is -2.32. The molecule has 2 N–H and O–H groups in total. The lowest BCUT2D eigenvalue weighted by atomic mass is 9.88. The maximum absolute atomic E-state index is 15.2. The second-order valence-electron chi connectivity index (χ2n) is 4.00. The monoisotopic (exact) mass is 283 g/mol. The van der Waals surface area contributed by atoms with Crippen molar-refractivity contribution in [2.75, 3.05) is 6.54 Å². The van der Waals surface area contributed by atoms with E-state index in [4.69, 9.17) is 28.9 Å². The van der Waals surface area contributed by atoms with Crippen LogP contribution in [0.5, 0.6) is 0 Å². The molecule has 0 radical (unpaired) electrons. The molecule has 4 heteroatoms. The van der Waals surface area contributed by atoms with Gasteiger partial charge in [-0.25, -0.2) is 4.39 Å². The number of nitrogens with two attached hydrogens (primary N) is 1. The molecule has 0 amide bonds. The van der Waals surface area contributed by atoms with Crippen molar-refractivity contribution in [2.24, 2.45) is 5.73 Å². The minimum absolute atomic E-state index is 0.197. The number of alkyl halides is 1. The summed E-state index contributed by atoms with van der Waals surface area (Å²) in [7, 11) is 0. The molecule has 0 aliphatic rings. The van der Waals surface area contributed by atoms with Crippen LogP contribution < -0.4 is 5.73 Å². The van der Waals surface area contributed by atoms with Gasteiger partial charge in [-0.2, -0.15) is 0 Å². The molecule has 2 aromatic carbocycles. The van der Waals surface area contributed by atoms with E-state index in [1.807, 2.05) is 6.07 Å². The average Bonchev–Trinajstić information content (AvgIpc) is 2.41. The summed E-state index contributed by atoms with van der Waals surface area (Å²) in [6.45, 7) is -0.197. The van der Waals surface area contributed by atoms with Crippen molar-refractivity contribution in [3.05, 3.63) is 69.7 Å². The van der Waals surface area contributed by atoms with Crippen LogP contribution in [0.25, 0.3) is 0 Å². The van der Waals surface area contributed by atoms with Crippen LogP contribution in [0.3, 0.4) is 0 Å². The molecular weight excluding hydrogens is 272 g/mol. The molecule has 0 aromatic heterocycles. The fourth-order valence-corrected chi connectivity index (χ4v) is 2.33. The topological polar surface area (TPSA) is 26.0 Å². The minimum Gasteiger partial charge on any atom is -0.327 e. The first-order valence-corrected chi connectivity index (χ1v) is 6.23. The Kier molecular flexibility index (Phi) is 3.91. The number of hydrogen-bond donors (Lipinski definition) is 1. The predicted octanol–water partition coefficient (Wildman–Crippen LogP) is 4.17. The third kappa shape index (κ3) is 2.37. The van der Waals surface area contributed by atoms with Gasteiger partial charge in [-0.1, -0.05) is 53.5 Å². The highest BCUT2D eigenvalue weighted by atomic mass is 35.5. The molecule has 1 atom stereocenters. The van der Waals surface area contributed by atoms with Crippen LogP contribution in [0.15, 0.2) is 48.5 Å². The van der Waals surface area contributed by atoms with Gasteiger partial charge in [0, 0.05) is 22.2 Å². The van der Waals surface area contributed by atoms with Crippen LogP contribution in [0.1, 0.15) is 11.1 Å². The average molecular weight is 284 g/mol. The van der Waals surface area contributed by atoms with Crippen molar-refractivity contribution in [3.8, 4) is 0 Å². The van der Waals surface area contributed by atoms with Gasteiger partial charge in [0.15, 0.2) is 5.67 Å². The molecule has 0 saturated carbocycles. The minimum atomic E-state index is -1.83. The lowest BCUT2D eigenvalue weighted by Gasteiger charge is -2.26. The highest BCUT2D eigenvalue weighted by molar-refractivity contribution is 6.33. The van der Waals surface area contributed by atoms with E-state index in [1.54, 1.807) is 36.4 Å². The second-order valence-corrected chi connectivity index (χ2v) is 4.84. The third-order valence-corrected chi connectivity index (χ3v) is 3.43. The number of halogens is 3. The summed E-state index contributed by atoms with van der Waals surface area (Å²) in [5, 5.41) is 0.747. The predicted molar refractivity (Wildman–Crippen MR) is 73.8 cm³/mol. The maximum atomic E-state index is 15.2. The summed E-state index contributed by atoms with van der Waals surface area (Å²) >= 11 is 12.0. The van der Waals surface area contributed by atoms with Crippen LogP contribution in [0.4, 0.5) is 4.39 Å². The zero-order valence-corrected chi connectivity index (χ0v) is 11.0. The quantitative estimate of drug-likeness (QED) is 0.899. The number of rotatable bonds is 3. The highest BCUT2D eigenvalue weighted by Crippen LogP contribution is 2.38. The number of benzene rings is 2. The van der Waals surface area contributed by atoms with E-state index in [-0.39, 0.29) is 6.54 Å². The van der Waals surface area contributed by atoms with Gasteiger partial charge in [-0.05, 0) is 23.8 Å². The molecule has 1 nitrogen and oxygen atoms in total. The van der Waals surface area contributed by atoms with Gasteiger partial charge >= 0.3 is 0 Å². The van der Waals surface area contributed by atoms with E-state index < -0.39 is 5.67 Å². The summed E-state index contributed by atoms with van der Waals surface area (Å²) in [6.07, 6.45) is 0. The third-order valence-electron chi connectivity index (χ3n) is 2.87. The molecule has 0 heterocycles. The van der Waals surface area contributed by atoms with E-state index in [0.29, 0.717) is 21.2 Å². The molecule has 0 aliphatic carbocycles. The molecule has 2 rings (SSSR count). The second kappa shape index (κ2) is 5.27. The molecule has 18 heavy (non-hydrogen) atoms. The molecule has 0 saturated heterocycles. The summed E-state index contributed by atoms with van der Waals surface area (Å²) in [6, 6.07) is 13.4. The van der Waals surface area contributed by atoms with Gasteiger partial charge in [0.1, 0.15) is 0 Å². The van der Waals surface area contributed by atoms with Crippen LogP contribution in [-0.2, 0) is 5.67 Å². The Morgan fingerprint density at radius 3 is 2.33 bits per heavy atom. The highest BCUT2D eigenvalue weighted by Gasteiger charge is 2.34. The fourth-order valence-electron chi connectivity index (χ4n) is 1.89. The van der Waals surface area contributed by atoms with Crippen molar-refractivity contribution < 1.29 is 4.39 Å². The van der Waals surface area contributed by atoms with Crippen molar-refractivity contribution in [1.82, 2.24) is 0 Å². The van der Waals surface area contributed by atoms with Gasteiger partial charge in [-0.15, -0.1) is 0 Å².